The zero-order valence-electron chi connectivity index (χ0n) is 8.64. The lowest BCUT2D eigenvalue weighted by Crippen LogP contribution is -1.94. The zero-order chi connectivity index (χ0) is 11.5. The van der Waals surface area contributed by atoms with Crippen LogP contribution in [0, 0.1) is 0 Å². The average molecular weight is 234 g/mol. The molecule has 0 saturated carbocycles. The van der Waals surface area contributed by atoms with E-state index in [2.05, 4.69) is 0 Å². The van der Waals surface area contributed by atoms with Crippen molar-refractivity contribution in [3.63, 3.8) is 0 Å². The predicted octanol–water partition coefficient (Wildman–Crippen LogP) is 3.12. The van der Waals surface area contributed by atoms with Gasteiger partial charge in [0.15, 0.2) is 0 Å². The Morgan fingerprint density at radius 3 is 2.50 bits per heavy atom. The van der Waals surface area contributed by atoms with Crippen molar-refractivity contribution in [1.29, 1.82) is 0 Å². The molecule has 1 N–H and O–H groups in total. The fourth-order valence-electron chi connectivity index (χ4n) is 1.47. The summed E-state index contributed by atoms with van der Waals surface area (Å²) in [6.07, 6.45) is 0. The van der Waals surface area contributed by atoms with E-state index in [9.17, 15) is 4.79 Å². The molecule has 3 nitrogen and oxygen atoms in total. The van der Waals surface area contributed by atoms with Gasteiger partial charge in [-0.1, -0.05) is 12.1 Å². The Morgan fingerprint density at radius 2 is 1.94 bits per heavy atom. The highest BCUT2D eigenvalue weighted by atomic mass is 32.1. The molecule has 82 valence electrons. The van der Waals surface area contributed by atoms with Gasteiger partial charge in [-0.05, 0) is 29.1 Å². The summed E-state index contributed by atoms with van der Waals surface area (Å²) in [5.41, 5.74) is 1.64. The predicted molar refractivity (Wildman–Crippen MR) is 63.3 cm³/mol. The van der Waals surface area contributed by atoms with Crippen molar-refractivity contribution in [2.75, 3.05) is 7.11 Å². The Morgan fingerprint density at radius 1 is 1.25 bits per heavy atom. The number of thiophene rings is 1. The summed E-state index contributed by atoms with van der Waals surface area (Å²) in [5.74, 6) is -0.128. The molecule has 0 unspecified atom stereocenters. The Labute approximate surface area is 96.9 Å². The van der Waals surface area contributed by atoms with Crippen molar-refractivity contribution in [2.45, 2.75) is 0 Å². The molecule has 0 aliphatic carbocycles. The smallest absolute Gasteiger partial charge is 0.346 e. The number of hydrogen-bond donors (Lipinski definition) is 1. The molecule has 0 aliphatic rings. The highest BCUT2D eigenvalue weighted by Gasteiger charge is 2.12. The first kappa shape index (κ1) is 10.7. The maximum Gasteiger partial charge on any atom is 0.346 e. The Hall–Kier alpha value is -1.81. The third-order valence-corrected chi connectivity index (χ3v) is 3.16. The molecular formula is C12H10O3S. The molecule has 0 radical (unpaired) electrons. The van der Waals surface area contributed by atoms with Crippen LogP contribution in [-0.2, 0) is 0 Å². The van der Waals surface area contributed by atoms with Crippen LogP contribution >= 0.6 is 11.3 Å². The van der Waals surface area contributed by atoms with Crippen LogP contribution in [-0.4, -0.2) is 18.2 Å². The highest BCUT2D eigenvalue weighted by molar-refractivity contribution is 7.12. The largest absolute Gasteiger partial charge is 0.497 e. The minimum absolute atomic E-state index is 0.366. The standard InChI is InChI=1S/C12H10O3S/c1-15-9-4-2-8(3-5-9)10-6-7-16-11(10)12(13)14/h2-7H,1H3,(H,13,14). The first-order chi connectivity index (χ1) is 7.72. The summed E-state index contributed by atoms with van der Waals surface area (Å²) < 4.78 is 5.05. The number of carboxylic acid groups (broad SMARTS) is 1. The summed E-state index contributed by atoms with van der Waals surface area (Å²) in [4.78, 5) is 11.3. The van der Waals surface area contributed by atoms with E-state index in [1.807, 2.05) is 30.3 Å². The number of benzene rings is 1. The molecule has 4 heteroatoms. The summed E-state index contributed by atoms with van der Waals surface area (Å²) >= 11 is 1.23. The monoisotopic (exact) mass is 234 g/mol. The van der Waals surface area contributed by atoms with Crippen molar-refractivity contribution in [3.8, 4) is 16.9 Å². The lowest BCUT2D eigenvalue weighted by Gasteiger charge is -2.02. The van der Waals surface area contributed by atoms with Gasteiger partial charge < -0.3 is 9.84 Å². The van der Waals surface area contributed by atoms with Gasteiger partial charge in [-0.25, -0.2) is 4.79 Å². The number of ether oxygens (including phenoxy) is 1. The van der Waals surface area contributed by atoms with Crippen LogP contribution in [0.2, 0.25) is 0 Å². The van der Waals surface area contributed by atoms with Gasteiger partial charge in [-0.3, -0.25) is 0 Å². The maximum absolute atomic E-state index is 11.0. The molecular weight excluding hydrogens is 224 g/mol. The van der Waals surface area contributed by atoms with Crippen molar-refractivity contribution < 1.29 is 14.6 Å². The number of carboxylic acids is 1. The Bertz CT molecular complexity index is 499. The first-order valence-corrected chi connectivity index (χ1v) is 5.55. The molecule has 0 spiro atoms. The van der Waals surface area contributed by atoms with Gasteiger partial charge in [-0.2, -0.15) is 0 Å². The molecule has 16 heavy (non-hydrogen) atoms. The van der Waals surface area contributed by atoms with Gasteiger partial charge in [0, 0.05) is 5.56 Å². The molecule has 0 saturated heterocycles. The highest BCUT2D eigenvalue weighted by Crippen LogP contribution is 2.29. The SMILES string of the molecule is COc1ccc(-c2ccsc2C(=O)O)cc1. The number of methoxy groups -OCH3 is 1. The third-order valence-electron chi connectivity index (χ3n) is 2.26. The van der Waals surface area contributed by atoms with E-state index in [0.29, 0.717) is 4.88 Å². The van der Waals surface area contributed by atoms with Gasteiger partial charge in [0.25, 0.3) is 0 Å². The molecule has 1 aromatic carbocycles. The molecule has 0 amide bonds. The lowest BCUT2D eigenvalue weighted by atomic mass is 10.1. The second-order valence-electron chi connectivity index (χ2n) is 3.20. The number of aromatic carboxylic acids is 1. The Kier molecular flexibility index (Phi) is 2.92. The van der Waals surface area contributed by atoms with Crippen molar-refractivity contribution in [1.82, 2.24) is 0 Å². The van der Waals surface area contributed by atoms with Crippen LogP contribution < -0.4 is 4.74 Å². The third kappa shape index (κ3) is 1.92. The summed E-state index contributed by atoms with van der Waals surface area (Å²) in [6, 6.07) is 9.16. The fourth-order valence-corrected chi connectivity index (χ4v) is 2.23. The molecule has 0 bridgehead atoms. The van der Waals surface area contributed by atoms with Gasteiger partial charge in [0.2, 0.25) is 0 Å². The summed E-state index contributed by atoms with van der Waals surface area (Å²) in [5, 5.41) is 10.8. The molecule has 1 heterocycles. The molecule has 2 aromatic rings. The van der Waals surface area contributed by atoms with Gasteiger partial charge in [0.05, 0.1) is 7.11 Å². The number of carbonyl (C=O) groups is 1. The fraction of sp³-hybridized carbons (Fsp3) is 0.0833. The Balaban J connectivity index is 2.42. The summed E-state index contributed by atoms with van der Waals surface area (Å²) in [7, 11) is 1.60. The second kappa shape index (κ2) is 4.37. The molecule has 1 aromatic heterocycles. The van der Waals surface area contributed by atoms with Crippen LogP contribution in [0.25, 0.3) is 11.1 Å². The van der Waals surface area contributed by atoms with Crippen LogP contribution in [0.1, 0.15) is 9.67 Å². The van der Waals surface area contributed by atoms with Crippen molar-refractivity contribution >= 4 is 17.3 Å². The van der Waals surface area contributed by atoms with E-state index >= 15 is 0 Å². The van der Waals surface area contributed by atoms with Gasteiger partial charge in [0.1, 0.15) is 10.6 Å². The van der Waals surface area contributed by atoms with Crippen LogP contribution in [0.15, 0.2) is 35.7 Å². The zero-order valence-corrected chi connectivity index (χ0v) is 9.45. The van der Waals surface area contributed by atoms with Gasteiger partial charge in [-0.15, -0.1) is 11.3 Å². The molecule has 0 atom stereocenters. The molecule has 2 rings (SSSR count). The van der Waals surface area contributed by atoms with Crippen molar-refractivity contribution in [3.05, 3.63) is 40.6 Å². The normalized spacial score (nSPS) is 10.1. The minimum atomic E-state index is -0.888. The van der Waals surface area contributed by atoms with E-state index < -0.39 is 5.97 Å². The molecule has 0 aliphatic heterocycles. The van der Waals surface area contributed by atoms with E-state index in [1.54, 1.807) is 12.5 Å². The average Bonchev–Trinajstić information content (AvgIpc) is 2.78. The number of rotatable bonds is 3. The first-order valence-electron chi connectivity index (χ1n) is 4.67. The van der Waals surface area contributed by atoms with E-state index in [4.69, 9.17) is 9.84 Å². The van der Waals surface area contributed by atoms with E-state index in [1.165, 1.54) is 11.3 Å². The van der Waals surface area contributed by atoms with E-state index in [-0.39, 0.29) is 0 Å². The van der Waals surface area contributed by atoms with Crippen LogP contribution in [0.3, 0.4) is 0 Å². The number of hydrogen-bond acceptors (Lipinski definition) is 3. The molecule has 0 fully saturated rings. The minimum Gasteiger partial charge on any atom is -0.497 e. The van der Waals surface area contributed by atoms with Gasteiger partial charge >= 0.3 is 5.97 Å². The van der Waals surface area contributed by atoms with Crippen LogP contribution in [0.5, 0.6) is 5.75 Å². The second-order valence-corrected chi connectivity index (χ2v) is 4.11. The topological polar surface area (TPSA) is 46.5 Å². The maximum atomic E-state index is 11.0. The quantitative estimate of drug-likeness (QED) is 0.887. The van der Waals surface area contributed by atoms with Crippen molar-refractivity contribution in [2.24, 2.45) is 0 Å². The van der Waals surface area contributed by atoms with Crippen LogP contribution in [0.4, 0.5) is 0 Å². The lowest BCUT2D eigenvalue weighted by molar-refractivity contribution is 0.0703. The van der Waals surface area contributed by atoms with E-state index in [0.717, 1.165) is 16.9 Å². The summed E-state index contributed by atoms with van der Waals surface area (Å²) in [6.45, 7) is 0.